The minimum Gasteiger partial charge on any atom is -0.497 e. The highest BCUT2D eigenvalue weighted by atomic mass is 35.5. The molecular weight excluding hydrogens is 394 g/mol. The van der Waals surface area contributed by atoms with Gasteiger partial charge in [0.05, 0.1) is 13.0 Å². The molecule has 154 valence electrons. The predicted molar refractivity (Wildman–Crippen MR) is 109 cm³/mol. The Bertz CT molecular complexity index is 868. The van der Waals surface area contributed by atoms with Crippen LogP contribution in [0.2, 0.25) is 5.02 Å². The van der Waals surface area contributed by atoms with Gasteiger partial charge in [-0.3, -0.25) is 9.59 Å². The molecule has 1 aliphatic heterocycles. The SMILES string of the molecule is COc1ccc(CCNC(=O)[C@H](C)OC(=O)[C@H]2COc3ccc(Cl)cc3C2)cc1. The molecule has 0 unspecified atom stereocenters. The molecule has 0 saturated heterocycles. The number of halogens is 1. The number of amides is 1. The lowest BCUT2D eigenvalue weighted by Crippen LogP contribution is -2.39. The van der Waals surface area contributed by atoms with E-state index in [1.165, 1.54) is 0 Å². The number of benzene rings is 2. The lowest BCUT2D eigenvalue weighted by molar-refractivity contribution is -0.160. The van der Waals surface area contributed by atoms with Gasteiger partial charge in [-0.2, -0.15) is 0 Å². The standard InChI is InChI=1S/C22H24ClNO5/c1-14(21(25)24-10-9-15-3-6-19(27-2)7-4-15)29-22(26)17-11-16-12-18(23)5-8-20(16)28-13-17/h3-8,12,14,17H,9-11,13H2,1-2H3,(H,24,25)/t14-,17+/m0/s1. The van der Waals surface area contributed by atoms with E-state index in [-0.39, 0.29) is 12.5 Å². The van der Waals surface area contributed by atoms with Crippen LogP contribution >= 0.6 is 11.6 Å². The summed E-state index contributed by atoms with van der Waals surface area (Å²) < 4.78 is 16.1. The van der Waals surface area contributed by atoms with Gasteiger partial charge in [0.1, 0.15) is 18.1 Å². The van der Waals surface area contributed by atoms with Crippen LogP contribution in [0, 0.1) is 5.92 Å². The van der Waals surface area contributed by atoms with Crippen molar-refractivity contribution >= 4 is 23.5 Å². The molecule has 2 aromatic rings. The van der Waals surface area contributed by atoms with Crippen LogP contribution in [-0.2, 0) is 27.2 Å². The molecule has 2 aromatic carbocycles. The second-order valence-corrected chi connectivity index (χ2v) is 7.37. The fraction of sp³-hybridized carbons (Fsp3) is 0.364. The first kappa shape index (κ1) is 21.0. The minimum absolute atomic E-state index is 0.222. The van der Waals surface area contributed by atoms with Gasteiger partial charge in [-0.1, -0.05) is 23.7 Å². The highest BCUT2D eigenvalue weighted by molar-refractivity contribution is 6.30. The topological polar surface area (TPSA) is 73.9 Å². The maximum absolute atomic E-state index is 12.4. The van der Waals surface area contributed by atoms with Crippen molar-refractivity contribution in [2.45, 2.75) is 25.9 Å². The maximum atomic E-state index is 12.4. The van der Waals surface area contributed by atoms with Crippen molar-refractivity contribution in [2.24, 2.45) is 5.92 Å². The number of carbonyl (C=O) groups is 2. The molecule has 0 saturated carbocycles. The molecule has 7 heteroatoms. The number of esters is 1. The molecule has 1 amide bonds. The number of ether oxygens (including phenoxy) is 3. The Morgan fingerprint density at radius 2 is 2.00 bits per heavy atom. The molecule has 2 atom stereocenters. The molecule has 0 aliphatic carbocycles. The van der Waals surface area contributed by atoms with Crippen molar-refractivity contribution in [1.82, 2.24) is 5.32 Å². The van der Waals surface area contributed by atoms with Crippen molar-refractivity contribution < 1.29 is 23.8 Å². The second-order valence-electron chi connectivity index (χ2n) is 6.93. The van der Waals surface area contributed by atoms with Crippen LogP contribution in [0.4, 0.5) is 0 Å². The Balaban J connectivity index is 1.44. The van der Waals surface area contributed by atoms with Crippen LogP contribution in [0.1, 0.15) is 18.1 Å². The normalized spacial score (nSPS) is 16.2. The molecule has 0 fully saturated rings. The minimum atomic E-state index is -0.876. The van der Waals surface area contributed by atoms with E-state index in [9.17, 15) is 9.59 Å². The number of rotatable bonds is 7. The van der Waals surface area contributed by atoms with Gasteiger partial charge in [-0.05, 0) is 61.2 Å². The number of fused-ring (bicyclic) bond motifs is 1. The van der Waals surface area contributed by atoms with E-state index >= 15 is 0 Å². The van der Waals surface area contributed by atoms with E-state index in [1.807, 2.05) is 24.3 Å². The van der Waals surface area contributed by atoms with Crippen LogP contribution in [0.3, 0.4) is 0 Å². The summed E-state index contributed by atoms with van der Waals surface area (Å²) >= 11 is 6.01. The monoisotopic (exact) mass is 417 g/mol. The Labute approximate surface area is 175 Å². The summed E-state index contributed by atoms with van der Waals surface area (Å²) in [5, 5.41) is 3.38. The van der Waals surface area contributed by atoms with Crippen LogP contribution < -0.4 is 14.8 Å². The average molecular weight is 418 g/mol. The molecule has 1 N–H and O–H groups in total. The quantitative estimate of drug-likeness (QED) is 0.700. The summed E-state index contributed by atoms with van der Waals surface area (Å²) in [5.74, 6) is 0.272. The van der Waals surface area contributed by atoms with E-state index in [0.717, 1.165) is 22.6 Å². The van der Waals surface area contributed by atoms with Crippen LogP contribution in [0.15, 0.2) is 42.5 Å². The molecule has 0 bridgehead atoms. The van der Waals surface area contributed by atoms with E-state index in [1.54, 1.807) is 32.2 Å². The van der Waals surface area contributed by atoms with Crippen LogP contribution in [0.5, 0.6) is 11.5 Å². The smallest absolute Gasteiger partial charge is 0.313 e. The Morgan fingerprint density at radius 1 is 1.24 bits per heavy atom. The molecule has 29 heavy (non-hydrogen) atoms. The molecule has 0 radical (unpaired) electrons. The van der Waals surface area contributed by atoms with Gasteiger partial charge in [0.15, 0.2) is 6.10 Å². The highest BCUT2D eigenvalue weighted by Gasteiger charge is 2.29. The van der Waals surface area contributed by atoms with E-state index in [0.29, 0.717) is 24.4 Å². The molecule has 0 aromatic heterocycles. The lowest BCUT2D eigenvalue weighted by Gasteiger charge is -2.25. The van der Waals surface area contributed by atoms with Gasteiger partial charge in [0, 0.05) is 11.6 Å². The molecule has 6 nitrogen and oxygen atoms in total. The van der Waals surface area contributed by atoms with Crippen molar-refractivity contribution in [3.05, 3.63) is 58.6 Å². The Morgan fingerprint density at radius 3 is 2.72 bits per heavy atom. The van der Waals surface area contributed by atoms with Crippen molar-refractivity contribution in [2.75, 3.05) is 20.3 Å². The van der Waals surface area contributed by atoms with E-state index < -0.39 is 18.0 Å². The molecule has 1 heterocycles. The van der Waals surface area contributed by atoms with Crippen molar-refractivity contribution in [3.8, 4) is 11.5 Å². The third-order valence-corrected chi connectivity index (χ3v) is 5.03. The number of hydrogen-bond acceptors (Lipinski definition) is 5. The molecule has 0 spiro atoms. The van der Waals surface area contributed by atoms with Gasteiger partial charge in [0.25, 0.3) is 5.91 Å². The zero-order chi connectivity index (χ0) is 20.8. The van der Waals surface area contributed by atoms with Crippen LogP contribution in [-0.4, -0.2) is 38.2 Å². The predicted octanol–water partition coefficient (Wildman–Crippen LogP) is 3.19. The zero-order valence-electron chi connectivity index (χ0n) is 16.4. The summed E-state index contributed by atoms with van der Waals surface area (Å²) in [6.07, 6.45) is 0.268. The molecule has 1 aliphatic rings. The zero-order valence-corrected chi connectivity index (χ0v) is 17.2. The van der Waals surface area contributed by atoms with Crippen molar-refractivity contribution in [3.63, 3.8) is 0 Å². The summed E-state index contributed by atoms with van der Waals surface area (Å²) in [7, 11) is 1.62. The van der Waals surface area contributed by atoms with Gasteiger partial charge >= 0.3 is 5.97 Å². The fourth-order valence-corrected chi connectivity index (χ4v) is 3.30. The Hall–Kier alpha value is -2.73. The van der Waals surface area contributed by atoms with E-state index in [2.05, 4.69) is 5.32 Å². The first-order valence-electron chi connectivity index (χ1n) is 9.48. The van der Waals surface area contributed by atoms with Gasteiger partial charge in [0.2, 0.25) is 0 Å². The largest absolute Gasteiger partial charge is 0.497 e. The highest BCUT2D eigenvalue weighted by Crippen LogP contribution is 2.30. The summed E-state index contributed by atoms with van der Waals surface area (Å²) in [5.41, 5.74) is 1.94. The summed E-state index contributed by atoms with van der Waals surface area (Å²) in [6, 6.07) is 13.0. The second kappa shape index (κ2) is 9.65. The van der Waals surface area contributed by atoms with Gasteiger partial charge in [-0.15, -0.1) is 0 Å². The van der Waals surface area contributed by atoms with Gasteiger partial charge < -0.3 is 19.5 Å². The van der Waals surface area contributed by atoms with Gasteiger partial charge in [-0.25, -0.2) is 0 Å². The Kier molecular flexibility index (Phi) is 6.99. The average Bonchev–Trinajstić information content (AvgIpc) is 2.73. The molecule has 3 rings (SSSR count). The third-order valence-electron chi connectivity index (χ3n) is 4.80. The fourth-order valence-electron chi connectivity index (χ4n) is 3.10. The summed E-state index contributed by atoms with van der Waals surface area (Å²) in [6.45, 7) is 2.24. The molecular formula is C22H24ClNO5. The first-order chi connectivity index (χ1) is 14.0. The number of carbonyl (C=O) groups excluding carboxylic acids is 2. The first-order valence-corrected chi connectivity index (χ1v) is 9.86. The van der Waals surface area contributed by atoms with Crippen molar-refractivity contribution in [1.29, 1.82) is 0 Å². The van der Waals surface area contributed by atoms with E-state index in [4.69, 9.17) is 25.8 Å². The lowest BCUT2D eigenvalue weighted by atomic mass is 9.97. The van der Waals surface area contributed by atoms with Crippen LogP contribution in [0.25, 0.3) is 0 Å². The number of hydrogen-bond donors (Lipinski definition) is 1. The summed E-state index contributed by atoms with van der Waals surface area (Å²) in [4.78, 5) is 24.7. The maximum Gasteiger partial charge on any atom is 0.313 e. The number of methoxy groups -OCH3 is 1. The number of nitrogens with one attached hydrogen (secondary N) is 1. The third kappa shape index (κ3) is 5.64.